The molecule has 170 valence electrons. The van der Waals surface area contributed by atoms with Crippen molar-refractivity contribution >= 4 is 17.5 Å². The third kappa shape index (κ3) is 4.36. The molecule has 0 fully saturated rings. The minimum Gasteiger partial charge on any atom is -0.480 e. The van der Waals surface area contributed by atoms with E-state index in [-0.39, 0.29) is 40.8 Å². The quantitative estimate of drug-likeness (QED) is 0.494. The van der Waals surface area contributed by atoms with E-state index in [1.807, 2.05) is 6.07 Å². The van der Waals surface area contributed by atoms with Crippen LogP contribution >= 0.6 is 11.6 Å². The Labute approximate surface area is 190 Å². The standard InChI is InChI=1S/C22H15ClF4N4O2/c1-12(22(25,26)27)33-18-7-2-13(8-28)20(23)19(18)21(32)30-9-14-10-31(29-17(14)11-30)16-5-3-15(24)4-6-16/h2-7,10,12H,9,11H2,1H3. The summed E-state index contributed by atoms with van der Waals surface area (Å²) in [5.41, 5.74) is 1.54. The lowest BCUT2D eigenvalue weighted by Crippen LogP contribution is -2.33. The van der Waals surface area contributed by atoms with E-state index in [0.29, 0.717) is 16.9 Å². The summed E-state index contributed by atoms with van der Waals surface area (Å²) < 4.78 is 58.7. The number of nitriles is 1. The van der Waals surface area contributed by atoms with Crippen LogP contribution < -0.4 is 4.74 Å². The normalized spacial score (nSPS) is 14.0. The lowest BCUT2D eigenvalue weighted by Gasteiger charge is -2.23. The van der Waals surface area contributed by atoms with Gasteiger partial charge < -0.3 is 9.64 Å². The van der Waals surface area contributed by atoms with Gasteiger partial charge in [0, 0.05) is 18.3 Å². The molecular formula is C22H15ClF4N4O2. The van der Waals surface area contributed by atoms with Gasteiger partial charge in [-0.05, 0) is 43.3 Å². The number of ether oxygens (including phenoxy) is 1. The van der Waals surface area contributed by atoms with Crippen LogP contribution in [0.2, 0.25) is 5.02 Å². The second kappa shape index (κ2) is 8.41. The SMILES string of the molecule is CC(Oc1ccc(C#N)c(Cl)c1C(=O)N1Cc2cn(-c3ccc(F)cc3)nc2C1)C(F)(F)F. The second-order valence-corrected chi connectivity index (χ2v) is 7.77. The summed E-state index contributed by atoms with van der Waals surface area (Å²) in [6.45, 7) is 1.00. The van der Waals surface area contributed by atoms with Crippen molar-refractivity contribution in [1.29, 1.82) is 5.26 Å². The Balaban J connectivity index is 1.61. The number of alkyl halides is 3. The Morgan fingerprint density at radius 2 is 1.91 bits per heavy atom. The smallest absolute Gasteiger partial charge is 0.425 e. The average molecular weight is 479 g/mol. The molecule has 2 aromatic carbocycles. The number of aromatic nitrogens is 2. The number of hydrogen-bond acceptors (Lipinski definition) is 4. The lowest BCUT2D eigenvalue weighted by molar-refractivity contribution is -0.189. The van der Waals surface area contributed by atoms with E-state index in [0.717, 1.165) is 13.0 Å². The molecule has 4 rings (SSSR count). The number of amides is 1. The maximum Gasteiger partial charge on any atom is 0.425 e. The molecule has 1 amide bonds. The van der Waals surface area contributed by atoms with Crippen molar-refractivity contribution in [3.05, 3.63) is 75.8 Å². The molecule has 0 saturated carbocycles. The van der Waals surface area contributed by atoms with Crippen LogP contribution in [0.25, 0.3) is 5.69 Å². The van der Waals surface area contributed by atoms with Crippen LogP contribution in [0.5, 0.6) is 5.75 Å². The Bertz CT molecular complexity index is 1240. The van der Waals surface area contributed by atoms with E-state index < -0.39 is 18.2 Å². The summed E-state index contributed by atoms with van der Waals surface area (Å²) in [7, 11) is 0. The van der Waals surface area contributed by atoms with E-state index in [1.54, 1.807) is 23.0 Å². The zero-order chi connectivity index (χ0) is 23.9. The molecule has 1 aliphatic heterocycles. The van der Waals surface area contributed by atoms with Crippen molar-refractivity contribution in [2.45, 2.75) is 32.3 Å². The molecule has 0 bridgehead atoms. The fourth-order valence-electron chi connectivity index (χ4n) is 3.38. The fourth-order valence-corrected chi connectivity index (χ4v) is 3.66. The van der Waals surface area contributed by atoms with Gasteiger partial charge in [0.1, 0.15) is 23.2 Å². The predicted octanol–water partition coefficient (Wildman–Crippen LogP) is 5.02. The second-order valence-electron chi connectivity index (χ2n) is 7.40. The van der Waals surface area contributed by atoms with Crippen molar-refractivity contribution in [3.63, 3.8) is 0 Å². The van der Waals surface area contributed by atoms with Crippen LogP contribution in [-0.4, -0.2) is 32.9 Å². The van der Waals surface area contributed by atoms with Gasteiger partial charge in [0.25, 0.3) is 5.91 Å². The Kier molecular flexibility index (Phi) is 5.76. The van der Waals surface area contributed by atoms with Crippen LogP contribution in [-0.2, 0) is 13.1 Å². The predicted molar refractivity (Wildman–Crippen MR) is 109 cm³/mol. The maximum atomic E-state index is 13.2. The van der Waals surface area contributed by atoms with Gasteiger partial charge in [0.15, 0.2) is 6.10 Å². The van der Waals surface area contributed by atoms with Gasteiger partial charge in [0.05, 0.1) is 28.5 Å². The highest BCUT2D eigenvalue weighted by molar-refractivity contribution is 6.35. The lowest BCUT2D eigenvalue weighted by atomic mass is 10.1. The van der Waals surface area contributed by atoms with Gasteiger partial charge in [0.2, 0.25) is 0 Å². The number of benzene rings is 2. The van der Waals surface area contributed by atoms with Gasteiger partial charge in [-0.25, -0.2) is 9.07 Å². The maximum absolute atomic E-state index is 13.2. The van der Waals surface area contributed by atoms with Crippen molar-refractivity contribution in [2.75, 3.05) is 0 Å². The van der Waals surface area contributed by atoms with E-state index >= 15 is 0 Å². The zero-order valence-corrected chi connectivity index (χ0v) is 17.8. The highest BCUT2D eigenvalue weighted by Gasteiger charge is 2.39. The Morgan fingerprint density at radius 1 is 1.21 bits per heavy atom. The van der Waals surface area contributed by atoms with Gasteiger partial charge in [-0.3, -0.25) is 4.79 Å². The molecule has 33 heavy (non-hydrogen) atoms. The van der Waals surface area contributed by atoms with Crippen LogP contribution in [0.3, 0.4) is 0 Å². The molecule has 1 aromatic heterocycles. The number of nitrogens with zero attached hydrogens (tertiary/aromatic N) is 4. The van der Waals surface area contributed by atoms with E-state index in [9.17, 15) is 27.6 Å². The first kappa shape index (κ1) is 22.6. The molecule has 6 nitrogen and oxygen atoms in total. The molecule has 0 saturated heterocycles. The average Bonchev–Trinajstić information content (AvgIpc) is 3.33. The first-order chi connectivity index (χ1) is 15.6. The minimum absolute atomic E-state index is 0.0644. The molecule has 2 heterocycles. The number of fused-ring (bicyclic) bond motifs is 1. The van der Waals surface area contributed by atoms with Gasteiger partial charge >= 0.3 is 6.18 Å². The summed E-state index contributed by atoms with van der Waals surface area (Å²) in [5, 5.41) is 13.4. The molecule has 1 aliphatic rings. The highest BCUT2D eigenvalue weighted by atomic mass is 35.5. The third-order valence-corrected chi connectivity index (χ3v) is 5.55. The summed E-state index contributed by atoms with van der Waals surface area (Å²) in [6, 6.07) is 9.84. The summed E-state index contributed by atoms with van der Waals surface area (Å²) in [4.78, 5) is 14.6. The number of carbonyl (C=O) groups is 1. The van der Waals surface area contributed by atoms with E-state index in [2.05, 4.69) is 5.10 Å². The van der Waals surface area contributed by atoms with Gasteiger partial charge in [-0.15, -0.1) is 0 Å². The molecule has 0 radical (unpaired) electrons. The number of rotatable bonds is 4. The molecule has 0 aliphatic carbocycles. The summed E-state index contributed by atoms with van der Waals surface area (Å²) in [6.07, 6.45) is -5.16. The van der Waals surface area contributed by atoms with Crippen LogP contribution in [0.4, 0.5) is 17.6 Å². The minimum atomic E-state index is -4.66. The molecule has 0 spiro atoms. The summed E-state index contributed by atoms with van der Waals surface area (Å²) >= 11 is 6.21. The largest absolute Gasteiger partial charge is 0.480 e. The molecule has 11 heteroatoms. The fraction of sp³-hybridized carbons (Fsp3) is 0.227. The monoisotopic (exact) mass is 478 g/mol. The molecule has 3 aromatic rings. The topological polar surface area (TPSA) is 71.2 Å². The molecule has 1 unspecified atom stereocenters. The number of hydrogen-bond donors (Lipinski definition) is 0. The van der Waals surface area contributed by atoms with Crippen LogP contribution in [0, 0.1) is 17.1 Å². The first-order valence-electron chi connectivity index (χ1n) is 9.67. The third-order valence-electron chi connectivity index (χ3n) is 5.16. The van der Waals surface area contributed by atoms with Crippen molar-refractivity contribution in [2.24, 2.45) is 0 Å². The van der Waals surface area contributed by atoms with Crippen molar-refractivity contribution in [1.82, 2.24) is 14.7 Å². The number of carbonyl (C=O) groups excluding carboxylic acids is 1. The van der Waals surface area contributed by atoms with Gasteiger partial charge in [-0.2, -0.15) is 23.5 Å². The first-order valence-corrected chi connectivity index (χ1v) is 10.0. The molecular weight excluding hydrogens is 464 g/mol. The van der Waals surface area contributed by atoms with Gasteiger partial charge in [-0.1, -0.05) is 11.6 Å². The van der Waals surface area contributed by atoms with Crippen LogP contribution in [0.15, 0.2) is 42.6 Å². The zero-order valence-electron chi connectivity index (χ0n) is 17.0. The Morgan fingerprint density at radius 3 is 2.52 bits per heavy atom. The van der Waals surface area contributed by atoms with E-state index in [4.69, 9.17) is 16.3 Å². The van der Waals surface area contributed by atoms with E-state index in [1.165, 1.54) is 23.1 Å². The highest BCUT2D eigenvalue weighted by Crippen LogP contribution is 2.36. The molecule has 1 atom stereocenters. The van der Waals surface area contributed by atoms with Crippen molar-refractivity contribution in [3.8, 4) is 17.5 Å². The van der Waals surface area contributed by atoms with Crippen molar-refractivity contribution < 1.29 is 27.1 Å². The molecule has 0 N–H and O–H groups in total. The number of halogens is 5. The van der Waals surface area contributed by atoms with Crippen LogP contribution in [0.1, 0.15) is 34.1 Å². The summed E-state index contributed by atoms with van der Waals surface area (Å²) in [5.74, 6) is -1.44. The Hall–Kier alpha value is -3.58.